The summed E-state index contributed by atoms with van der Waals surface area (Å²) in [7, 11) is 0. The Kier molecular flexibility index (Phi) is 4.84. The fraction of sp³-hybridized carbons (Fsp3) is 0.533. The molecule has 2 aromatic rings. The number of benzene rings is 1. The molecule has 0 saturated carbocycles. The molecule has 1 unspecified atom stereocenters. The number of tetrazole rings is 1. The van der Waals surface area contributed by atoms with Gasteiger partial charge in [0.05, 0.1) is 12.6 Å². The molecular weight excluding hydrogens is 250 g/mol. The lowest BCUT2D eigenvalue weighted by Crippen LogP contribution is -2.26. The molecule has 1 N–H and O–H groups in total. The molecule has 5 heteroatoms. The third-order valence-corrected chi connectivity index (χ3v) is 3.19. The normalized spacial score (nSPS) is 12.8. The van der Waals surface area contributed by atoms with Crippen LogP contribution in [0.3, 0.4) is 0 Å². The Morgan fingerprint density at radius 3 is 2.75 bits per heavy atom. The third kappa shape index (κ3) is 3.87. The van der Waals surface area contributed by atoms with Gasteiger partial charge in [0.2, 0.25) is 0 Å². The lowest BCUT2D eigenvalue weighted by Gasteiger charge is -2.15. The first-order valence-corrected chi connectivity index (χ1v) is 7.11. The van der Waals surface area contributed by atoms with E-state index in [0.717, 1.165) is 12.4 Å². The van der Waals surface area contributed by atoms with Crippen molar-refractivity contribution in [2.45, 2.75) is 40.3 Å². The summed E-state index contributed by atoms with van der Waals surface area (Å²) >= 11 is 0. The van der Waals surface area contributed by atoms with E-state index in [1.807, 2.05) is 4.68 Å². The summed E-state index contributed by atoms with van der Waals surface area (Å²) in [5.41, 5.74) is 2.47. The predicted molar refractivity (Wildman–Crippen MR) is 79.4 cm³/mol. The highest BCUT2D eigenvalue weighted by Crippen LogP contribution is 2.11. The minimum Gasteiger partial charge on any atom is -0.307 e. The van der Waals surface area contributed by atoms with Gasteiger partial charge in [0, 0.05) is 0 Å². The van der Waals surface area contributed by atoms with Crippen molar-refractivity contribution in [2.24, 2.45) is 5.92 Å². The maximum Gasteiger partial charge on any atom is 0.168 e. The first-order chi connectivity index (χ1) is 9.56. The standard InChI is InChI=1S/C15H23N5/c1-11(2)9-16-13(4)15-17-18-19-20(15)10-14-7-5-6-12(3)8-14/h5-8,11,13,16H,9-10H2,1-4H3. The van der Waals surface area contributed by atoms with Gasteiger partial charge in [-0.1, -0.05) is 43.7 Å². The van der Waals surface area contributed by atoms with E-state index in [-0.39, 0.29) is 6.04 Å². The van der Waals surface area contributed by atoms with Gasteiger partial charge in [-0.3, -0.25) is 0 Å². The zero-order valence-electron chi connectivity index (χ0n) is 12.7. The number of nitrogens with zero attached hydrogens (tertiary/aromatic N) is 4. The number of nitrogens with one attached hydrogen (secondary N) is 1. The maximum absolute atomic E-state index is 4.15. The van der Waals surface area contributed by atoms with Crippen molar-refractivity contribution in [3.63, 3.8) is 0 Å². The van der Waals surface area contributed by atoms with Gasteiger partial charge < -0.3 is 5.32 Å². The Labute approximate surface area is 120 Å². The predicted octanol–water partition coefficient (Wildman–Crippen LogP) is 2.34. The molecule has 0 bridgehead atoms. The van der Waals surface area contributed by atoms with E-state index < -0.39 is 0 Å². The van der Waals surface area contributed by atoms with E-state index in [9.17, 15) is 0 Å². The average Bonchev–Trinajstić information content (AvgIpc) is 2.84. The van der Waals surface area contributed by atoms with Crippen molar-refractivity contribution >= 4 is 0 Å². The molecule has 0 aliphatic carbocycles. The second-order valence-electron chi connectivity index (χ2n) is 5.71. The molecule has 0 saturated heterocycles. The summed E-state index contributed by atoms with van der Waals surface area (Å²) in [6.45, 7) is 10.2. The molecule has 1 atom stereocenters. The number of aryl methyl sites for hydroxylation is 1. The monoisotopic (exact) mass is 273 g/mol. The Balaban J connectivity index is 2.08. The summed E-state index contributed by atoms with van der Waals surface area (Å²) in [4.78, 5) is 0. The lowest BCUT2D eigenvalue weighted by atomic mass is 10.1. The molecule has 1 aromatic carbocycles. The molecule has 1 aromatic heterocycles. The molecule has 1 heterocycles. The summed E-state index contributed by atoms with van der Waals surface area (Å²) in [5, 5.41) is 15.5. The molecule has 20 heavy (non-hydrogen) atoms. The van der Waals surface area contributed by atoms with Crippen molar-refractivity contribution in [1.82, 2.24) is 25.5 Å². The van der Waals surface area contributed by atoms with Crippen LogP contribution in [0, 0.1) is 12.8 Å². The maximum atomic E-state index is 4.15. The lowest BCUT2D eigenvalue weighted by molar-refractivity contribution is 0.461. The van der Waals surface area contributed by atoms with Crippen molar-refractivity contribution in [3.8, 4) is 0 Å². The second kappa shape index (κ2) is 6.61. The summed E-state index contributed by atoms with van der Waals surface area (Å²) in [6.07, 6.45) is 0. The van der Waals surface area contributed by atoms with E-state index in [2.05, 4.69) is 72.8 Å². The van der Waals surface area contributed by atoms with Gasteiger partial charge in [-0.2, -0.15) is 0 Å². The summed E-state index contributed by atoms with van der Waals surface area (Å²) in [6, 6.07) is 8.58. The third-order valence-electron chi connectivity index (χ3n) is 3.19. The molecule has 0 aliphatic heterocycles. The van der Waals surface area contributed by atoms with Crippen LogP contribution >= 0.6 is 0 Å². The highest BCUT2D eigenvalue weighted by molar-refractivity contribution is 5.22. The molecule has 5 nitrogen and oxygen atoms in total. The molecule has 0 aliphatic rings. The van der Waals surface area contributed by atoms with Gasteiger partial charge in [0.1, 0.15) is 0 Å². The highest BCUT2D eigenvalue weighted by atomic mass is 15.5. The molecule has 108 valence electrons. The van der Waals surface area contributed by atoms with Gasteiger partial charge >= 0.3 is 0 Å². The van der Waals surface area contributed by atoms with E-state index in [4.69, 9.17) is 0 Å². The molecular formula is C15H23N5. The van der Waals surface area contributed by atoms with Crippen LogP contribution < -0.4 is 5.32 Å². The van der Waals surface area contributed by atoms with Crippen LogP contribution in [0.4, 0.5) is 0 Å². The zero-order valence-corrected chi connectivity index (χ0v) is 12.7. The summed E-state index contributed by atoms with van der Waals surface area (Å²) < 4.78 is 1.87. The van der Waals surface area contributed by atoms with E-state index in [1.165, 1.54) is 11.1 Å². The Morgan fingerprint density at radius 1 is 1.25 bits per heavy atom. The molecule has 0 amide bonds. The number of rotatable bonds is 6. The number of aromatic nitrogens is 4. The SMILES string of the molecule is Cc1cccc(Cn2nnnc2C(C)NCC(C)C)c1. The molecule has 0 fully saturated rings. The Morgan fingerprint density at radius 2 is 2.05 bits per heavy atom. The second-order valence-corrected chi connectivity index (χ2v) is 5.71. The van der Waals surface area contributed by atoms with Crippen molar-refractivity contribution < 1.29 is 0 Å². The van der Waals surface area contributed by atoms with E-state index in [0.29, 0.717) is 12.5 Å². The number of hydrogen-bond donors (Lipinski definition) is 1. The quantitative estimate of drug-likeness (QED) is 0.877. The van der Waals surface area contributed by atoms with Crippen LogP contribution in [0.5, 0.6) is 0 Å². The zero-order chi connectivity index (χ0) is 14.5. The fourth-order valence-electron chi connectivity index (χ4n) is 2.12. The minimum atomic E-state index is 0.150. The smallest absolute Gasteiger partial charge is 0.168 e. The van der Waals surface area contributed by atoms with Crippen LogP contribution in [0.15, 0.2) is 24.3 Å². The first-order valence-electron chi connectivity index (χ1n) is 7.11. The van der Waals surface area contributed by atoms with Gasteiger partial charge in [-0.25, -0.2) is 4.68 Å². The van der Waals surface area contributed by atoms with E-state index >= 15 is 0 Å². The van der Waals surface area contributed by atoms with Crippen LogP contribution in [0.1, 0.15) is 43.8 Å². The fourth-order valence-corrected chi connectivity index (χ4v) is 2.12. The average molecular weight is 273 g/mol. The van der Waals surface area contributed by atoms with Gasteiger partial charge in [0.25, 0.3) is 0 Å². The van der Waals surface area contributed by atoms with Crippen LogP contribution in [-0.4, -0.2) is 26.8 Å². The Bertz CT molecular complexity index is 547. The Hall–Kier alpha value is -1.75. The van der Waals surface area contributed by atoms with Crippen molar-refractivity contribution in [3.05, 3.63) is 41.2 Å². The molecule has 0 spiro atoms. The van der Waals surface area contributed by atoms with E-state index in [1.54, 1.807) is 0 Å². The van der Waals surface area contributed by atoms with Crippen LogP contribution in [-0.2, 0) is 6.54 Å². The largest absolute Gasteiger partial charge is 0.307 e. The summed E-state index contributed by atoms with van der Waals surface area (Å²) in [5.74, 6) is 1.49. The van der Waals surface area contributed by atoms with Gasteiger partial charge in [-0.15, -0.1) is 5.10 Å². The van der Waals surface area contributed by atoms with Crippen molar-refractivity contribution in [2.75, 3.05) is 6.54 Å². The number of hydrogen-bond acceptors (Lipinski definition) is 4. The van der Waals surface area contributed by atoms with Gasteiger partial charge in [0.15, 0.2) is 5.82 Å². The van der Waals surface area contributed by atoms with Gasteiger partial charge in [-0.05, 0) is 42.3 Å². The van der Waals surface area contributed by atoms with Crippen molar-refractivity contribution in [1.29, 1.82) is 0 Å². The van der Waals surface area contributed by atoms with Crippen LogP contribution in [0.25, 0.3) is 0 Å². The first kappa shape index (κ1) is 14.7. The molecule has 0 radical (unpaired) electrons. The van der Waals surface area contributed by atoms with Crippen LogP contribution in [0.2, 0.25) is 0 Å². The highest BCUT2D eigenvalue weighted by Gasteiger charge is 2.14. The topological polar surface area (TPSA) is 55.6 Å². The molecule has 2 rings (SSSR count). The minimum absolute atomic E-state index is 0.150.